The number of nitrogens with one attached hydrogen (secondary N) is 1. The number of hydrogen-bond acceptors (Lipinski definition) is 5. The third kappa shape index (κ3) is 5.03. The lowest BCUT2D eigenvalue weighted by Gasteiger charge is -2.18. The van der Waals surface area contributed by atoms with Gasteiger partial charge in [0.1, 0.15) is 5.75 Å². The van der Waals surface area contributed by atoms with Gasteiger partial charge < -0.3 is 14.8 Å². The molecule has 1 amide bonds. The van der Waals surface area contributed by atoms with Crippen molar-refractivity contribution in [2.75, 3.05) is 12.4 Å². The van der Waals surface area contributed by atoms with E-state index in [2.05, 4.69) is 5.32 Å². The van der Waals surface area contributed by atoms with Crippen molar-refractivity contribution < 1.29 is 32.4 Å². The SMILES string of the molecule is COc1ccc(OC(C)C(=O)Nc2ccc(Cl)cc2C(F)(F)F)c([N+](=O)[O-])c1. The van der Waals surface area contributed by atoms with E-state index in [1.165, 1.54) is 32.2 Å². The quantitative estimate of drug-likeness (QED) is 0.543. The molecule has 7 nitrogen and oxygen atoms in total. The number of rotatable bonds is 6. The highest BCUT2D eigenvalue weighted by molar-refractivity contribution is 6.30. The average Bonchev–Trinajstić information content (AvgIpc) is 2.62. The van der Waals surface area contributed by atoms with Crippen molar-refractivity contribution in [3.63, 3.8) is 0 Å². The van der Waals surface area contributed by atoms with E-state index >= 15 is 0 Å². The molecule has 0 aromatic heterocycles. The molecule has 2 aromatic rings. The molecule has 1 N–H and O–H groups in total. The second-order valence-electron chi connectivity index (χ2n) is 5.53. The van der Waals surface area contributed by atoms with Gasteiger partial charge in [-0.15, -0.1) is 0 Å². The molecule has 0 saturated heterocycles. The zero-order valence-electron chi connectivity index (χ0n) is 14.5. The first-order chi connectivity index (χ1) is 13.0. The van der Waals surface area contributed by atoms with Crippen LogP contribution in [-0.2, 0) is 11.0 Å². The Morgan fingerprint density at radius 3 is 2.50 bits per heavy atom. The van der Waals surface area contributed by atoms with E-state index < -0.39 is 40.0 Å². The molecule has 11 heteroatoms. The van der Waals surface area contributed by atoms with Crippen LogP contribution in [0.1, 0.15) is 12.5 Å². The molecular formula is C17H14ClF3N2O5. The number of amides is 1. The van der Waals surface area contributed by atoms with Crippen molar-refractivity contribution in [2.24, 2.45) is 0 Å². The highest BCUT2D eigenvalue weighted by Gasteiger charge is 2.34. The van der Waals surface area contributed by atoms with E-state index in [4.69, 9.17) is 21.1 Å². The maximum atomic E-state index is 13.1. The molecule has 0 saturated carbocycles. The van der Waals surface area contributed by atoms with Crippen LogP contribution in [0.4, 0.5) is 24.5 Å². The topological polar surface area (TPSA) is 90.7 Å². The zero-order valence-corrected chi connectivity index (χ0v) is 15.3. The van der Waals surface area contributed by atoms with Crippen LogP contribution in [0.5, 0.6) is 11.5 Å². The molecule has 1 atom stereocenters. The number of carbonyl (C=O) groups is 1. The maximum Gasteiger partial charge on any atom is 0.418 e. The molecule has 0 aliphatic rings. The van der Waals surface area contributed by atoms with Gasteiger partial charge in [0.25, 0.3) is 5.91 Å². The molecular weight excluding hydrogens is 405 g/mol. The molecule has 28 heavy (non-hydrogen) atoms. The number of halogens is 4. The van der Waals surface area contributed by atoms with Crippen LogP contribution < -0.4 is 14.8 Å². The van der Waals surface area contributed by atoms with Crippen LogP contribution >= 0.6 is 11.6 Å². The molecule has 150 valence electrons. The van der Waals surface area contributed by atoms with Crippen LogP contribution in [-0.4, -0.2) is 24.0 Å². The summed E-state index contributed by atoms with van der Waals surface area (Å²) in [6.07, 6.45) is -6.07. The Morgan fingerprint density at radius 1 is 1.25 bits per heavy atom. The van der Waals surface area contributed by atoms with E-state index in [0.29, 0.717) is 6.07 Å². The molecule has 0 fully saturated rings. The molecule has 0 spiro atoms. The minimum Gasteiger partial charge on any atom is -0.496 e. The minimum atomic E-state index is -4.74. The highest BCUT2D eigenvalue weighted by atomic mass is 35.5. The summed E-state index contributed by atoms with van der Waals surface area (Å²) in [4.78, 5) is 22.7. The summed E-state index contributed by atoms with van der Waals surface area (Å²) in [5, 5.41) is 13.1. The van der Waals surface area contributed by atoms with E-state index in [1.54, 1.807) is 0 Å². The summed E-state index contributed by atoms with van der Waals surface area (Å²) in [7, 11) is 1.32. The number of ether oxygens (including phenoxy) is 2. The number of nitro benzene ring substituents is 1. The van der Waals surface area contributed by atoms with Crippen molar-refractivity contribution in [3.05, 3.63) is 57.1 Å². The molecule has 0 bridgehead atoms. The second-order valence-corrected chi connectivity index (χ2v) is 5.96. The van der Waals surface area contributed by atoms with E-state index in [9.17, 15) is 28.1 Å². The Labute approximate surface area is 162 Å². The lowest BCUT2D eigenvalue weighted by atomic mass is 10.1. The Kier molecular flexibility index (Phi) is 6.34. The van der Waals surface area contributed by atoms with Crippen molar-refractivity contribution in [2.45, 2.75) is 19.2 Å². The molecule has 0 aliphatic heterocycles. The van der Waals surface area contributed by atoms with E-state index in [0.717, 1.165) is 12.1 Å². The summed E-state index contributed by atoms with van der Waals surface area (Å²) in [5.41, 5.74) is -2.10. The van der Waals surface area contributed by atoms with Crippen molar-refractivity contribution in [1.29, 1.82) is 0 Å². The lowest BCUT2D eigenvalue weighted by Crippen LogP contribution is -2.31. The number of hydrogen-bond donors (Lipinski definition) is 1. The Morgan fingerprint density at radius 2 is 1.93 bits per heavy atom. The molecule has 2 aromatic carbocycles. The first-order valence-corrected chi connectivity index (χ1v) is 8.07. The van der Waals surface area contributed by atoms with Gasteiger partial charge >= 0.3 is 11.9 Å². The lowest BCUT2D eigenvalue weighted by molar-refractivity contribution is -0.386. The van der Waals surface area contributed by atoms with E-state index in [1.807, 2.05) is 0 Å². The molecule has 0 heterocycles. The van der Waals surface area contributed by atoms with Gasteiger partial charge in [-0.05, 0) is 37.3 Å². The summed E-state index contributed by atoms with van der Waals surface area (Å²) >= 11 is 5.59. The molecule has 0 radical (unpaired) electrons. The van der Waals surface area contributed by atoms with Crippen LogP contribution in [0.3, 0.4) is 0 Å². The predicted molar refractivity (Wildman–Crippen MR) is 94.8 cm³/mol. The third-order valence-electron chi connectivity index (χ3n) is 3.58. The minimum absolute atomic E-state index is 0.150. The fourth-order valence-electron chi connectivity index (χ4n) is 2.20. The molecule has 2 rings (SSSR count). The standard InChI is InChI=1S/C17H14ClF3N2O5/c1-9(28-15-6-4-11(27-2)8-14(15)23(25)26)16(24)22-13-5-3-10(18)7-12(13)17(19,20)21/h3-9H,1-2H3,(H,22,24). The summed E-state index contributed by atoms with van der Waals surface area (Å²) in [6, 6.07) is 6.58. The van der Waals surface area contributed by atoms with Crippen LogP contribution in [0.15, 0.2) is 36.4 Å². The van der Waals surface area contributed by atoms with Gasteiger partial charge in [-0.2, -0.15) is 13.2 Å². The fraction of sp³-hybridized carbons (Fsp3) is 0.235. The first kappa shape index (κ1) is 21.3. The van der Waals surface area contributed by atoms with Crippen LogP contribution in [0, 0.1) is 10.1 Å². The third-order valence-corrected chi connectivity index (χ3v) is 3.82. The maximum absolute atomic E-state index is 13.1. The Hall–Kier alpha value is -3.01. The first-order valence-electron chi connectivity index (χ1n) is 7.69. The van der Waals surface area contributed by atoms with Crippen LogP contribution in [0.25, 0.3) is 0 Å². The smallest absolute Gasteiger partial charge is 0.418 e. The second kappa shape index (κ2) is 8.34. The largest absolute Gasteiger partial charge is 0.496 e. The normalized spacial score (nSPS) is 12.2. The van der Waals surface area contributed by atoms with Gasteiger partial charge in [0.2, 0.25) is 0 Å². The number of carbonyl (C=O) groups excluding carboxylic acids is 1. The monoisotopic (exact) mass is 418 g/mol. The van der Waals surface area contributed by atoms with Gasteiger partial charge in [0.15, 0.2) is 11.9 Å². The van der Waals surface area contributed by atoms with Crippen LogP contribution in [0.2, 0.25) is 5.02 Å². The van der Waals surface area contributed by atoms with Gasteiger partial charge in [-0.1, -0.05) is 11.6 Å². The van der Waals surface area contributed by atoms with Gasteiger partial charge in [-0.25, -0.2) is 0 Å². The van der Waals surface area contributed by atoms with Gasteiger partial charge in [0.05, 0.1) is 29.4 Å². The number of anilines is 1. The number of nitrogens with zero attached hydrogens (tertiary/aromatic N) is 1. The van der Waals surface area contributed by atoms with E-state index in [-0.39, 0.29) is 16.5 Å². The average molecular weight is 419 g/mol. The Bertz CT molecular complexity index is 905. The predicted octanol–water partition coefficient (Wildman–Crippen LogP) is 4.68. The van der Waals surface area contributed by atoms with Crippen molar-refractivity contribution in [1.82, 2.24) is 0 Å². The number of methoxy groups -OCH3 is 1. The molecule has 0 aliphatic carbocycles. The summed E-state index contributed by atoms with van der Waals surface area (Å²) in [6.45, 7) is 1.24. The van der Waals surface area contributed by atoms with Crippen molar-refractivity contribution in [3.8, 4) is 11.5 Å². The highest BCUT2D eigenvalue weighted by Crippen LogP contribution is 2.37. The number of nitro groups is 1. The zero-order chi connectivity index (χ0) is 21.1. The van der Waals surface area contributed by atoms with Crippen molar-refractivity contribution >= 4 is 28.9 Å². The fourth-order valence-corrected chi connectivity index (χ4v) is 2.38. The van der Waals surface area contributed by atoms with Gasteiger partial charge in [-0.3, -0.25) is 14.9 Å². The number of alkyl halides is 3. The Balaban J connectivity index is 2.22. The van der Waals surface area contributed by atoms with Gasteiger partial charge in [0, 0.05) is 5.02 Å². The summed E-state index contributed by atoms with van der Waals surface area (Å²) in [5.74, 6) is -0.967. The summed E-state index contributed by atoms with van der Waals surface area (Å²) < 4.78 is 49.5. The number of benzene rings is 2. The molecule has 1 unspecified atom stereocenters.